The third-order valence-electron chi connectivity index (χ3n) is 13.2. The average Bonchev–Trinajstić information content (AvgIpc) is 3.21. The Bertz CT molecular complexity index is 2160. The highest BCUT2D eigenvalue weighted by Crippen LogP contribution is 2.64. The highest BCUT2D eigenvalue weighted by molar-refractivity contribution is 5.95. The summed E-state index contributed by atoms with van der Waals surface area (Å²) < 4.78 is 24.2. The maximum Gasteiger partial charge on any atom is 0.338 e. The van der Waals surface area contributed by atoms with Crippen LogP contribution < -0.4 is 5.32 Å². The number of hydrogen-bond donors (Lipinski definition) is 5. The summed E-state index contributed by atoms with van der Waals surface area (Å²) >= 11 is 0. The molecule has 2 saturated carbocycles. The van der Waals surface area contributed by atoms with E-state index in [0.717, 1.165) is 6.92 Å². The zero-order chi connectivity index (χ0) is 42.7. The lowest BCUT2D eigenvalue weighted by atomic mass is 9.44. The molecule has 7 rings (SSSR count). The number of amides is 1. The van der Waals surface area contributed by atoms with Gasteiger partial charge in [-0.25, -0.2) is 9.59 Å². The molecular weight excluding hydrogens is 762 g/mol. The molecular formula is C45H49NO13. The van der Waals surface area contributed by atoms with Crippen LogP contribution in [-0.2, 0) is 33.3 Å². The Kier molecular flexibility index (Phi) is 10.9. The summed E-state index contributed by atoms with van der Waals surface area (Å²) in [6.45, 7) is 6.89. The van der Waals surface area contributed by atoms with E-state index in [0.29, 0.717) is 5.56 Å². The molecule has 11 atom stereocenters. The normalized spacial score (nSPS) is 33.0. The summed E-state index contributed by atoms with van der Waals surface area (Å²) in [5, 5.41) is 51.9. The molecule has 1 heterocycles. The Morgan fingerprint density at radius 3 is 2.00 bits per heavy atom. The van der Waals surface area contributed by atoms with E-state index in [2.05, 4.69) is 5.32 Å². The molecule has 0 radical (unpaired) electrons. The first-order valence-electron chi connectivity index (χ1n) is 19.6. The smallest absolute Gasteiger partial charge is 0.338 e. The van der Waals surface area contributed by atoms with Crippen molar-refractivity contribution in [3.8, 4) is 0 Å². The van der Waals surface area contributed by atoms with Crippen molar-refractivity contribution in [2.75, 3.05) is 6.61 Å². The van der Waals surface area contributed by atoms with Crippen LogP contribution >= 0.6 is 0 Å². The van der Waals surface area contributed by atoms with Crippen molar-refractivity contribution in [3.63, 3.8) is 0 Å². The molecule has 3 aromatic carbocycles. The summed E-state index contributed by atoms with van der Waals surface area (Å²) in [6, 6.07) is 23.1. The number of carbonyl (C=O) groups is 5. The topological polar surface area (TPSA) is 215 Å². The van der Waals surface area contributed by atoms with Gasteiger partial charge < -0.3 is 44.7 Å². The van der Waals surface area contributed by atoms with Crippen molar-refractivity contribution < 1.29 is 63.3 Å². The van der Waals surface area contributed by atoms with Gasteiger partial charge in [0.2, 0.25) is 0 Å². The van der Waals surface area contributed by atoms with Crippen LogP contribution in [0.1, 0.15) is 79.8 Å². The van der Waals surface area contributed by atoms with Gasteiger partial charge in [-0.3, -0.25) is 14.4 Å². The van der Waals surface area contributed by atoms with Crippen molar-refractivity contribution in [2.45, 2.75) is 101 Å². The first-order chi connectivity index (χ1) is 27.9. The van der Waals surface area contributed by atoms with Crippen molar-refractivity contribution >= 4 is 29.6 Å². The monoisotopic (exact) mass is 811 g/mol. The molecule has 4 aliphatic rings. The Morgan fingerprint density at radius 2 is 1.44 bits per heavy atom. The number of esters is 3. The number of benzene rings is 3. The van der Waals surface area contributed by atoms with Gasteiger partial charge in [0, 0.05) is 30.7 Å². The highest BCUT2D eigenvalue weighted by atomic mass is 16.6. The minimum Gasteiger partial charge on any atom is -0.456 e. The standard InChI is InChI=1S/C45H49NO13/c1-24-29(57-41(54)35(50)33(26-15-9-6-10-16-26)46-39(52)27-17-11-7-12-18-27)22-45(55)38(58-40(53)28-19-13-8-14-20-28)36-43(5,37(51)34(49)32(24)42(45,3)4)30(48)21-31-44(36,23-56-31)59-25(2)47/h6-20,29-31,33-36,38,48-50,55H,21-23H2,1-5H3,(H,46,52)/t29-,30-,31-,33-,34+,35+,36+,38-,43+,44-,45+/m0/s1. The zero-order valence-corrected chi connectivity index (χ0v) is 33.4. The van der Waals surface area contributed by atoms with E-state index in [4.69, 9.17) is 18.9 Å². The molecule has 1 aliphatic heterocycles. The molecule has 14 nitrogen and oxygen atoms in total. The molecule has 3 aliphatic carbocycles. The van der Waals surface area contributed by atoms with Gasteiger partial charge in [0.1, 0.15) is 30.0 Å². The summed E-state index contributed by atoms with van der Waals surface area (Å²) in [5.41, 5.74) is -6.86. The lowest BCUT2D eigenvalue weighted by Gasteiger charge is -2.67. The summed E-state index contributed by atoms with van der Waals surface area (Å²) in [6.07, 6.45) is -10.5. The molecule has 2 bridgehead atoms. The van der Waals surface area contributed by atoms with E-state index in [1.54, 1.807) is 92.7 Å². The number of ether oxygens (including phenoxy) is 4. The van der Waals surface area contributed by atoms with Crippen LogP contribution in [0, 0.1) is 16.7 Å². The van der Waals surface area contributed by atoms with Gasteiger partial charge in [-0.2, -0.15) is 0 Å². The molecule has 59 heavy (non-hydrogen) atoms. The summed E-state index contributed by atoms with van der Waals surface area (Å²) in [5.74, 6) is -5.89. The lowest BCUT2D eigenvalue weighted by molar-refractivity contribution is -0.346. The first-order valence-corrected chi connectivity index (χ1v) is 19.6. The quantitative estimate of drug-likeness (QED) is 0.120. The summed E-state index contributed by atoms with van der Waals surface area (Å²) in [7, 11) is 0. The number of hydrogen-bond acceptors (Lipinski definition) is 13. The van der Waals surface area contributed by atoms with Gasteiger partial charge in [-0.05, 0) is 54.8 Å². The van der Waals surface area contributed by atoms with E-state index in [-0.39, 0.29) is 35.3 Å². The van der Waals surface area contributed by atoms with E-state index in [9.17, 15) is 44.4 Å². The van der Waals surface area contributed by atoms with Crippen molar-refractivity contribution in [1.29, 1.82) is 0 Å². The van der Waals surface area contributed by atoms with Crippen LogP contribution in [0.2, 0.25) is 0 Å². The highest BCUT2D eigenvalue weighted by Gasteiger charge is 2.78. The lowest BCUT2D eigenvalue weighted by Crippen LogP contribution is -2.81. The average molecular weight is 812 g/mol. The van der Waals surface area contributed by atoms with Gasteiger partial charge in [0.15, 0.2) is 17.5 Å². The number of ketones is 1. The maximum absolute atomic E-state index is 15.0. The molecule has 5 N–H and O–H groups in total. The summed E-state index contributed by atoms with van der Waals surface area (Å²) in [4.78, 5) is 69.5. The molecule has 14 heteroatoms. The number of Topliss-reactive ketones (excluding diaryl/α,β-unsaturated/α-hetero) is 1. The first kappa shape index (κ1) is 41.9. The molecule has 1 amide bonds. The van der Waals surface area contributed by atoms with E-state index in [1.807, 2.05) is 0 Å². The molecule has 3 aromatic rings. The fourth-order valence-electron chi connectivity index (χ4n) is 9.94. The number of fused-ring (bicyclic) bond motifs is 5. The molecule has 0 unspecified atom stereocenters. The van der Waals surface area contributed by atoms with Crippen LogP contribution in [0.3, 0.4) is 0 Å². The predicted molar refractivity (Wildman–Crippen MR) is 208 cm³/mol. The molecule has 0 aromatic heterocycles. The Hall–Kier alpha value is -5.25. The van der Waals surface area contributed by atoms with Crippen molar-refractivity contribution in [2.24, 2.45) is 16.7 Å². The number of aliphatic hydroxyl groups is 4. The second kappa shape index (κ2) is 15.4. The number of carbonyl (C=O) groups excluding carboxylic acids is 5. The van der Waals surface area contributed by atoms with Gasteiger partial charge >= 0.3 is 17.9 Å². The van der Waals surface area contributed by atoms with Crippen LogP contribution in [0.4, 0.5) is 0 Å². The molecule has 1 saturated heterocycles. The van der Waals surface area contributed by atoms with Crippen LogP contribution in [0.15, 0.2) is 102 Å². The third kappa shape index (κ3) is 6.76. The Balaban J connectivity index is 1.34. The minimum atomic E-state index is -2.35. The Labute approximate surface area is 341 Å². The maximum atomic E-state index is 15.0. The second-order valence-corrected chi connectivity index (χ2v) is 16.8. The fraction of sp³-hybridized carbons (Fsp3) is 0.444. The van der Waals surface area contributed by atoms with Crippen LogP contribution in [0.5, 0.6) is 0 Å². The van der Waals surface area contributed by atoms with Gasteiger partial charge in [-0.1, -0.05) is 80.6 Å². The fourth-order valence-corrected chi connectivity index (χ4v) is 9.94. The number of aliphatic hydroxyl groups excluding tert-OH is 3. The van der Waals surface area contributed by atoms with Gasteiger partial charge in [0.05, 0.1) is 35.6 Å². The van der Waals surface area contributed by atoms with Gasteiger partial charge in [-0.15, -0.1) is 0 Å². The van der Waals surface area contributed by atoms with Crippen molar-refractivity contribution in [1.82, 2.24) is 5.32 Å². The molecule has 312 valence electrons. The Morgan fingerprint density at radius 1 is 0.864 bits per heavy atom. The van der Waals surface area contributed by atoms with E-state index in [1.165, 1.54) is 26.0 Å². The third-order valence-corrected chi connectivity index (χ3v) is 13.2. The second-order valence-electron chi connectivity index (χ2n) is 16.8. The van der Waals surface area contributed by atoms with Gasteiger partial charge in [0.25, 0.3) is 5.91 Å². The van der Waals surface area contributed by atoms with E-state index >= 15 is 0 Å². The van der Waals surface area contributed by atoms with Crippen LogP contribution in [-0.4, -0.2) is 104 Å². The van der Waals surface area contributed by atoms with E-state index < -0.39 is 107 Å². The molecule has 0 spiro atoms. The number of nitrogens with one attached hydrogen (secondary N) is 1. The molecule has 3 fully saturated rings. The van der Waals surface area contributed by atoms with Crippen LogP contribution in [0.25, 0.3) is 0 Å². The number of rotatable bonds is 9. The van der Waals surface area contributed by atoms with Crippen molar-refractivity contribution in [3.05, 3.63) is 119 Å². The SMILES string of the molecule is CC(=O)O[C@@]12CO[C@H]1C[C@H](O)[C@@]1(C)C(=O)[C@H](O)C3=C(C)[C@@H](OC(=O)[C@H](O)[C@@H](NC(=O)c4ccccc4)c4ccccc4)C[C@@](O)([C@@H](OC(=O)c4ccccc4)[C@@H]21)C3(C)C. The zero-order valence-electron chi connectivity index (χ0n) is 33.4. The predicted octanol–water partition coefficient (Wildman–Crippen LogP) is 3.16. The largest absolute Gasteiger partial charge is 0.456 e. The minimum absolute atomic E-state index is 0.0540.